The van der Waals surface area contributed by atoms with E-state index < -0.39 is 0 Å². The standard InChI is InChI=1S/C9H7N2/c1-2-4-8(5-3-1)9-6-10-7-11-9/h1-4,6-7H,(H,10,11). The molecule has 11 heavy (non-hydrogen) atoms. The molecule has 0 aliphatic carbocycles. The zero-order valence-electron chi connectivity index (χ0n) is 5.91. The number of hydrogen-bond donors (Lipinski definition) is 1. The van der Waals surface area contributed by atoms with Gasteiger partial charge in [0, 0.05) is 5.56 Å². The number of nitrogens with zero attached hydrogens (tertiary/aromatic N) is 1. The molecule has 2 nitrogen and oxygen atoms in total. The molecule has 2 aromatic rings. The van der Waals surface area contributed by atoms with Gasteiger partial charge in [-0.1, -0.05) is 24.3 Å². The summed E-state index contributed by atoms with van der Waals surface area (Å²) in [5, 5.41) is 0. The zero-order chi connectivity index (χ0) is 7.52. The molecular weight excluding hydrogens is 136 g/mol. The van der Waals surface area contributed by atoms with Gasteiger partial charge >= 0.3 is 0 Å². The fraction of sp³-hybridized carbons (Fsp3) is 0. The van der Waals surface area contributed by atoms with E-state index in [2.05, 4.69) is 16.0 Å². The van der Waals surface area contributed by atoms with Crippen LogP contribution in [0.4, 0.5) is 0 Å². The highest BCUT2D eigenvalue weighted by molar-refractivity contribution is 5.56. The van der Waals surface area contributed by atoms with Crippen LogP contribution in [0.15, 0.2) is 36.8 Å². The van der Waals surface area contributed by atoms with Gasteiger partial charge in [-0.15, -0.1) is 0 Å². The van der Waals surface area contributed by atoms with Gasteiger partial charge in [0.15, 0.2) is 0 Å². The third-order valence-electron chi connectivity index (χ3n) is 1.50. The molecule has 0 aliphatic heterocycles. The van der Waals surface area contributed by atoms with Crippen molar-refractivity contribution in [1.82, 2.24) is 9.97 Å². The summed E-state index contributed by atoms with van der Waals surface area (Å²) in [5.74, 6) is 0. The van der Waals surface area contributed by atoms with E-state index in [1.165, 1.54) is 0 Å². The Hall–Kier alpha value is -1.57. The van der Waals surface area contributed by atoms with Gasteiger partial charge in [-0.2, -0.15) is 0 Å². The Morgan fingerprint density at radius 3 is 3.00 bits per heavy atom. The van der Waals surface area contributed by atoms with Crippen molar-refractivity contribution in [3.8, 4) is 11.3 Å². The molecule has 0 fully saturated rings. The van der Waals surface area contributed by atoms with Crippen molar-refractivity contribution in [1.29, 1.82) is 0 Å². The molecule has 0 bridgehead atoms. The zero-order valence-corrected chi connectivity index (χ0v) is 5.91. The first kappa shape index (κ1) is 6.16. The van der Waals surface area contributed by atoms with Crippen molar-refractivity contribution in [3.63, 3.8) is 0 Å². The second kappa shape index (κ2) is 2.58. The average molecular weight is 143 g/mol. The molecule has 1 heterocycles. The maximum atomic E-state index is 3.92. The number of H-pyrrole nitrogens is 1. The summed E-state index contributed by atoms with van der Waals surface area (Å²) in [4.78, 5) is 6.93. The summed E-state index contributed by atoms with van der Waals surface area (Å²) in [5.41, 5.74) is 2.05. The Morgan fingerprint density at radius 2 is 2.36 bits per heavy atom. The molecule has 1 aromatic heterocycles. The molecule has 2 heteroatoms. The van der Waals surface area contributed by atoms with E-state index in [0.717, 1.165) is 11.3 Å². The smallest absolute Gasteiger partial charge is 0.0924 e. The van der Waals surface area contributed by atoms with E-state index in [1.54, 1.807) is 12.5 Å². The molecule has 0 amide bonds. The van der Waals surface area contributed by atoms with Crippen molar-refractivity contribution >= 4 is 0 Å². The van der Waals surface area contributed by atoms with Crippen LogP contribution in [0.25, 0.3) is 11.3 Å². The molecule has 0 unspecified atom stereocenters. The predicted octanol–water partition coefficient (Wildman–Crippen LogP) is 1.88. The average Bonchev–Trinajstić information content (AvgIpc) is 2.58. The van der Waals surface area contributed by atoms with E-state index in [-0.39, 0.29) is 0 Å². The molecular formula is C9H7N2. The fourth-order valence-electron chi connectivity index (χ4n) is 0.964. The molecule has 53 valence electrons. The van der Waals surface area contributed by atoms with Crippen LogP contribution in [0.3, 0.4) is 0 Å². The summed E-state index contributed by atoms with van der Waals surface area (Å²) in [6, 6.07) is 10.9. The first-order valence-electron chi connectivity index (χ1n) is 3.42. The molecule has 0 aliphatic rings. The Morgan fingerprint density at radius 1 is 1.36 bits per heavy atom. The maximum absolute atomic E-state index is 3.92. The minimum atomic E-state index is 1.01. The first-order valence-corrected chi connectivity index (χ1v) is 3.42. The lowest BCUT2D eigenvalue weighted by molar-refractivity contribution is 1.31. The van der Waals surface area contributed by atoms with Gasteiger partial charge in [-0.25, -0.2) is 4.98 Å². The third-order valence-corrected chi connectivity index (χ3v) is 1.50. The van der Waals surface area contributed by atoms with E-state index in [0.29, 0.717) is 0 Å². The monoisotopic (exact) mass is 143 g/mol. The lowest BCUT2D eigenvalue weighted by Gasteiger charge is -1.92. The van der Waals surface area contributed by atoms with Crippen molar-refractivity contribution in [2.24, 2.45) is 0 Å². The van der Waals surface area contributed by atoms with Crippen molar-refractivity contribution in [2.75, 3.05) is 0 Å². The maximum Gasteiger partial charge on any atom is 0.0924 e. The van der Waals surface area contributed by atoms with Gasteiger partial charge in [0.2, 0.25) is 0 Å². The number of rotatable bonds is 1. The fourth-order valence-corrected chi connectivity index (χ4v) is 0.964. The highest BCUT2D eigenvalue weighted by Gasteiger charge is 1.94. The molecule has 0 saturated carbocycles. The first-order chi connectivity index (χ1) is 5.47. The number of benzene rings is 1. The van der Waals surface area contributed by atoms with Crippen LogP contribution in [0.1, 0.15) is 0 Å². The Balaban J connectivity index is 2.46. The van der Waals surface area contributed by atoms with Gasteiger partial charge in [-0.05, 0) is 6.07 Å². The van der Waals surface area contributed by atoms with E-state index in [4.69, 9.17) is 0 Å². The summed E-state index contributed by atoms with van der Waals surface area (Å²) in [6.45, 7) is 0. The summed E-state index contributed by atoms with van der Waals surface area (Å²) < 4.78 is 0. The van der Waals surface area contributed by atoms with Crippen LogP contribution in [-0.4, -0.2) is 9.97 Å². The van der Waals surface area contributed by atoms with Crippen LogP contribution >= 0.6 is 0 Å². The van der Waals surface area contributed by atoms with Gasteiger partial charge in [0.05, 0.1) is 18.2 Å². The van der Waals surface area contributed by atoms with Crippen LogP contribution in [-0.2, 0) is 0 Å². The Labute approximate surface area is 64.9 Å². The molecule has 2 rings (SSSR count). The molecule has 0 atom stereocenters. The molecule has 0 saturated heterocycles. The van der Waals surface area contributed by atoms with E-state index in [1.807, 2.05) is 24.3 Å². The molecule has 1 N–H and O–H groups in total. The minimum absolute atomic E-state index is 1.01. The van der Waals surface area contributed by atoms with Crippen LogP contribution < -0.4 is 0 Å². The summed E-state index contributed by atoms with van der Waals surface area (Å²) in [6.07, 6.45) is 3.45. The SMILES string of the molecule is [c]1ccccc1-c1cnc[nH]1. The number of aromatic nitrogens is 2. The van der Waals surface area contributed by atoms with Crippen LogP contribution in [0.5, 0.6) is 0 Å². The largest absolute Gasteiger partial charge is 0.345 e. The van der Waals surface area contributed by atoms with Gasteiger partial charge in [0.25, 0.3) is 0 Å². The number of imidazole rings is 1. The highest BCUT2D eigenvalue weighted by Crippen LogP contribution is 2.12. The topological polar surface area (TPSA) is 28.7 Å². The van der Waals surface area contributed by atoms with Gasteiger partial charge in [-0.3, -0.25) is 0 Å². The summed E-state index contributed by atoms with van der Waals surface area (Å²) >= 11 is 0. The van der Waals surface area contributed by atoms with E-state index in [9.17, 15) is 0 Å². The number of hydrogen-bond acceptors (Lipinski definition) is 1. The highest BCUT2D eigenvalue weighted by atomic mass is 14.9. The quantitative estimate of drug-likeness (QED) is 0.648. The number of nitrogens with one attached hydrogen (secondary N) is 1. The normalized spacial score (nSPS) is 9.82. The molecule has 1 radical (unpaired) electrons. The van der Waals surface area contributed by atoms with Gasteiger partial charge in [0.1, 0.15) is 0 Å². The number of aromatic amines is 1. The van der Waals surface area contributed by atoms with Crippen LogP contribution in [0.2, 0.25) is 0 Å². The van der Waals surface area contributed by atoms with Crippen molar-refractivity contribution < 1.29 is 0 Å². The molecule has 1 aromatic carbocycles. The molecule has 0 spiro atoms. The Kier molecular flexibility index (Phi) is 1.44. The van der Waals surface area contributed by atoms with Crippen molar-refractivity contribution in [2.45, 2.75) is 0 Å². The van der Waals surface area contributed by atoms with E-state index >= 15 is 0 Å². The second-order valence-electron chi connectivity index (χ2n) is 2.24. The Bertz CT molecular complexity index is 311. The predicted molar refractivity (Wildman–Crippen MR) is 42.9 cm³/mol. The van der Waals surface area contributed by atoms with Crippen LogP contribution in [0, 0.1) is 6.07 Å². The van der Waals surface area contributed by atoms with Gasteiger partial charge < -0.3 is 4.98 Å². The lowest BCUT2D eigenvalue weighted by Crippen LogP contribution is -1.74. The lowest BCUT2D eigenvalue weighted by atomic mass is 10.2. The van der Waals surface area contributed by atoms with Crippen molar-refractivity contribution in [3.05, 3.63) is 42.9 Å². The minimum Gasteiger partial charge on any atom is -0.345 e. The summed E-state index contributed by atoms with van der Waals surface area (Å²) in [7, 11) is 0. The third kappa shape index (κ3) is 1.15. The second-order valence-corrected chi connectivity index (χ2v) is 2.24.